The largest absolute Gasteiger partial charge is 0.460 e. The van der Waals surface area contributed by atoms with Crippen LogP contribution < -0.4 is 0 Å². The Balaban J connectivity index is 1.94. The third-order valence-electron chi connectivity index (χ3n) is 4.96. The second-order valence-corrected chi connectivity index (χ2v) is 5.63. The second-order valence-electron chi connectivity index (χ2n) is 4.89. The molecule has 3 heteroatoms. The summed E-state index contributed by atoms with van der Waals surface area (Å²) in [6, 6.07) is 0. The molecule has 12 heavy (non-hydrogen) atoms. The summed E-state index contributed by atoms with van der Waals surface area (Å²) in [5.41, 5.74) is 0.359. The average molecular weight is 182 g/mol. The average Bonchev–Trinajstić information content (AvgIpc) is 2.34. The van der Waals surface area contributed by atoms with Crippen molar-refractivity contribution < 1.29 is 9.53 Å². The van der Waals surface area contributed by atoms with E-state index in [0.29, 0.717) is 17.3 Å². The first-order valence-electron chi connectivity index (χ1n) is 4.54. The molecule has 0 amide bonds. The fraction of sp³-hybridized carbons (Fsp3) is 0.889. The predicted octanol–water partition coefficient (Wildman–Crippen LogP) is 0.866. The number of carbonyl (C=O) groups excluding carboxylic acids is 1. The highest BCUT2D eigenvalue weighted by molar-refractivity contribution is 7.82. The fourth-order valence-electron chi connectivity index (χ4n) is 4.31. The van der Waals surface area contributed by atoms with Gasteiger partial charge in [0.1, 0.15) is 6.10 Å². The Kier molecular flexibility index (Phi) is 0.660. The molecule has 3 aliphatic carbocycles. The van der Waals surface area contributed by atoms with Crippen LogP contribution in [0.5, 0.6) is 0 Å². The standard InChI is InChI=1S/C9H10O2S/c1-8-4-2-3-5(8)6(9(4,8)12)11-7(3)10/h3-6,12H,2H2,1H3/t3-,4?,5?,6?,8?,9?/m1/s1. The summed E-state index contributed by atoms with van der Waals surface area (Å²) in [5.74, 6) is 1.47. The highest BCUT2D eigenvalue weighted by atomic mass is 32.1. The first kappa shape index (κ1) is 6.30. The predicted molar refractivity (Wildman–Crippen MR) is 44.8 cm³/mol. The molecule has 0 spiro atoms. The van der Waals surface area contributed by atoms with E-state index in [2.05, 4.69) is 19.6 Å². The summed E-state index contributed by atoms with van der Waals surface area (Å²) < 4.78 is 5.40. The van der Waals surface area contributed by atoms with Gasteiger partial charge >= 0.3 is 5.97 Å². The molecule has 4 fully saturated rings. The van der Waals surface area contributed by atoms with Crippen LogP contribution in [-0.4, -0.2) is 16.8 Å². The van der Waals surface area contributed by atoms with Gasteiger partial charge in [0, 0.05) is 5.92 Å². The van der Waals surface area contributed by atoms with Crippen molar-refractivity contribution in [2.24, 2.45) is 23.2 Å². The zero-order chi connectivity index (χ0) is 8.30. The minimum absolute atomic E-state index is 0.0483. The quantitative estimate of drug-likeness (QED) is 0.444. The van der Waals surface area contributed by atoms with Gasteiger partial charge in [0.25, 0.3) is 0 Å². The van der Waals surface area contributed by atoms with Gasteiger partial charge in [0.05, 0.1) is 10.7 Å². The van der Waals surface area contributed by atoms with Crippen molar-refractivity contribution >= 4 is 18.6 Å². The fourth-order valence-corrected chi connectivity index (χ4v) is 5.14. The second kappa shape index (κ2) is 1.26. The Labute approximate surface area is 76.1 Å². The Morgan fingerprint density at radius 2 is 2.42 bits per heavy atom. The van der Waals surface area contributed by atoms with E-state index in [-0.39, 0.29) is 22.7 Å². The van der Waals surface area contributed by atoms with E-state index in [9.17, 15) is 4.79 Å². The van der Waals surface area contributed by atoms with Gasteiger partial charge in [-0.25, -0.2) is 0 Å². The monoisotopic (exact) mass is 182 g/mol. The van der Waals surface area contributed by atoms with E-state index in [1.807, 2.05) is 0 Å². The van der Waals surface area contributed by atoms with E-state index in [0.717, 1.165) is 6.42 Å². The van der Waals surface area contributed by atoms with Crippen LogP contribution in [-0.2, 0) is 9.53 Å². The summed E-state index contributed by atoms with van der Waals surface area (Å²) in [5, 5.41) is 0. The molecule has 1 saturated heterocycles. The van der Waals surface area contributed by atoms with Crippen molar-refractivity contribution in [3.05, 3.63) is 0 Å². The van der Waals surface area contributed by atoms with Crippen LogP contribution >= 0.6 is 12.6 Å². The molecule has 0 aromatic carbocycles. The van der Waals surface area contributed by atoms with Gasteiger partial charge in [-0.2, -0.15) is 12.6 Å². The third-order valence-corrected chi connectivity index (χ3v) is 6.00. The molecule has 1 aliphatic heterocycles. The molecule has 0 radical (unpaired) electrons. The molecule has 0 aromatic heterocycles. The van der Waals surface area contributed by atoms with Gasteiger partial charge in [-0.05, 0) is 17.8 Å². The molecule has 6 atom stereocenters. The summed E-state index contributed by atoms with van der Waals surface area (Å²) >= 11 is 4.67. The van der Waals surface area contributed by atoms with E-state index in [1.54, 1.807) is 0 Å². The molecule has 3 saturated carbocycles. The molecule has 0 bridgehead atoms. The zero-order valence-electron chi connectivity index (χ0n) is 6.78. The number of thiol groups is 1. The molecular weight excluding hydrogens is 172 g/mol. The van der Waals surface area contributed by atoms with Gasteiger partial charge < -0.3 is 4.74 Å². The lowest BCUT2D eigenvalue weighted by Gasteiger charge is -2.42. The lowest BCUT2D eigenvalue weighted by Crippen LogP contribution is -2.51. The minimum atomic E-state index is 0.0483. The highest BCUT2D eigenvalue weighted by Gasteiger charge is 2.96. The van der Waals surface area contributed by atoms with Crippen LogP contribution in [0.25, 0.3) is 0 Å². The zero-order valence-corrected chi connectivity index (χ0v) is 7.67. The summed E-state index contributed by atoms with van der Waals surface area (Å²) in [6.45, 7) is 2.27. The minimum Gasteiger partial charge on any atom is -0.460 e. The van der Waals surface area contributed by atoms with Gasteiger partial charge in [0.2, 0.25) is 0 Å². The maximum Gasteiger partial charge on any atom is 0.309 e. The molecule has 5 unspecified atom stereocenters. The number of esters is 1. The van der Waals surface area contributed by atoms with Crippen LogP contribution in [0.2, 0.25) is 0 Å². The van der Waals surface area contributed by atoms with Crippen molar-refractivity contribution in [3.8, 4) is 0 Å². The summed E-state index contributed by atoms with van der Waals surface area (Å²) in [4.78, 5) is 11.3. The molecular formula is C9H10O2S. The lowest BCUT2D eigenvalue weighted by atomic mass is 9.67. The Morgan fingerprint density at radius 3 is 3.00 bits per heavy atom. The van der Waals surface area contributed by atoms with Crippen molar-refractivity contribution in [2.75, 3.05) is 0 Å². The molecule has 4 aliphatic rings. The third kappa shape index (κ3) is 0.296. The number of ether oxygens (including phenoxy) is 1. The van der Waals surface area contributed by atoms with E-state index in [4.69, 9.17) is 4.74 Å². The Morgan fingerprint density at radius 1 is 1.67 bits per heavy atom. The van der Waals surface area contributed by atoms with Crippen LogP contribution in [0.15, 0.2) is 0 Å². The topological polar surface area (TPSA) is 26.3 Å². The maximum atomic E-state index is 11.3. The van der Waals surface area contributed by atoms with Crippen molar-refractivity contribution in [1.29, 1.82) is 0 Å². The van der Waals surface area contributed by atoms with Crippen LogP contribution in [0, 0.1) is 23.2 Å². The van der Waals surface area contributed by atoms with Crippen LogP contribution in [0.4, 0.5) is 0 Å². The van der Waals surface area contributed by atoms with Crippen molar-refractivity contribution in [1.82, 2.24) is 0 Å². The van der Waals surface area contributed by atoms with E-state index >= 15 is 0 Å². The first-order valence-corrected chi connectivity index (χ1v) is 4.99. The molecule has 2 nitrogen and oxygen atoms in total. The van der Waals surface area contributed by atoms with Crippen LogP contribution in [0.1, 0.15) is 13.3 Å². The van der Waals surface area contributed by atoms with E-state index < -0.39 is 0 Å². The van der Waals surface area contributed by atoms with Gasteiger partial charge in [-0.15, -0.1) is 0 Å². The smallest absolute Gasteiger partial charge is 0.309 e. The van der Waals surface area contributed by atoms with Crippen molar-refractivity contribution in [2.45, 2.75) is 24.2 Å². The normalized spacial score (nSPS) is 75.0. The summed E-state index contributed by atoms with van der Waals surface area (Å²) in [7, 11) is 0. The van der Waals surface area contributed by atoms with Gasteiger partial charge in [-0.3, -0.25) is 4.79 Å². The van der Waals surface area contributed by atoms with Gasteiger partial charge in [0.15, 0.2) is 0 Å². The summed E-state index contributed by atoms with van der Waals surface area (Å²) in [6.07, 6.45) is 1.21. The molecule has 4 rings (SSSR count). The first-order chi connectivity index (χ1) is 5.62. The number of rotatable bonds is 0. The van der Waals surface area contributed by atoms with Gasteiger partial charge in [-0.1, -0.05) is 6.92 Å². The van der Waals surface area contributed by atoms with Crippen LogP contribution in [0.3, 0.4) is 0 Å². The number of hydrogen-bond donors (Lipinski definition) is 1. The number of carbonyl (C=O) groups is 1. The molecule has 1 heterocycles. The molecule has 0 N–H and O–H groups in total. The SMILES string of the molecule is CC12C3C4OC(=O)[C@@H]3CC1C42S. The van der Waals surface area contributed by atoms with Crippen molar-refractivity contribution in [3.63, 3.8) is 0 Å². The lowest BCUT2D eigenvalue weighted by molar-refractivity contribution is -0.145. The van der Waals surface area contributed by atoms with E-state index in [1.165, 1.54) is 0 Å². The number of fused-ring (bicyclic) bond motifs is 2. The Bertz CT molecular complexity index is 320. The highest BCUT2D eigenvalue weighted by Crippen LogP contribution is 2.90. The Hall–Kier alpha value is -0.180. The number of hydrogen-bond acceptors (Lipinski definition) is 3. The maximum absolute atomic E-state index is 11.3. The molecule has 0 aromatic rings. The molecule has 64 valence electrons.